The van der Waals surface area contributed by atoms with Crippen LogP contribution in [0.25, 0.3) is 11.0 Å². The summed E-state index contributed by atoms with van der Waals surface area (Å²) in [5.74, 6) is 1.86. The fourth-order valence-electron chi connectivity index (χ4n) is 3.28. The lowest BCUT2D eigenvalue weighted by atomic mass is 9.89. The highest BCUT2D eigenvalue weighted by Crippen LogP contribution is 2.41. The molecule has 0 unspecified atom stereocenters. The summed E-state index contributed by atoms with van der Waals surface area (Å²) in [7, 11) is 0. The van der Waals surface area contributed by atoms with E-state index in [1.54, 1.807) is 0 Å². The van der Waals surface area contributed by atoms with Gasteiger partial charge >= 0.3 is 0 Å². The molecule has 0 atom stereocenters. The van der Waals surface area contributed by atoms with Crippen LogP contribution in [0.2, 0.25) is 0 Å². The van der Waals surface area contributed by atoms with Gasteiger partial charge in [0.2, 0.25) is 0 Å². The summed E-state index contributed by atoms with van der Waals surface area (Å²) in [6.07, 6.45) is 4.90. The van der Waals surface area contributed by atoms with Crippen molar-refractivity contribution in [3.8, 4) is 5.75 Å². The molecule has 0 bridgehead atoms. The van der Waals surface area contributed by atoms with Crippen molar-refractivity contribution in [3.05, 3.63) is 16.7 Å². The number of hydrogen-bond donors (Lipinski definition) is 0. The molecular weight excluding hydrogens is 304 g/mol. The van der Waals surface area contributed by atoms with Crippen molar-refractivity contribution < 1.29 is 4.74 Å². The topological polar surface area (TPSA) is 35.0 Å². The highest BCUT2D eigenvalue weighted by molar-refractivity contribution is 7.00. The van der Waals surface area contributed by atoms with E-state index in [2.05, 4.69) is 50.3 Å². The van der Waals surface area contributed by atoms with Crippen molar-refractivity contribution in [3.63, 3.8) is 0 Å². The van der Waals surface area contributed by atoms with Crippen molar-refractivity contribution in [1.82, 2.24) is 8.75 Å². The summed E-state index contributed by atoms with van der Waals surface area (Å²) in [6.45, 7) is 14.1. The third-order valence-corrected chi connectivity index (χ3v) is 4.92. The normalized spacial score (nSPS) is 11.8. The van der Waals surface area contributed by atoms with Gasteiger partial charge in [0, 0.05) is 5.56 Å². The monoisotopic (exact) mass is 334 g/mol. The number of hydrogen-bond acceptors (Lipinski definition) is 4. The van der Waals surface area contributed by atoms with E-state index < -0.39 is 0 Å². The van der Waals surface area contributed by atoms with Gasteiger partial charge in [-0.05, 0) is 36.3 Å². The average Bonchev–Trinajstić information content (AvgIpc) is 2.94. The SMILES string of the molecule is CCCCCCOc1c(C)c(C(C)C)c2nsnc2c1C(C)C. The molecule has 23 heavy (non-hydrogen) atoms. The van der Waals surface area contributed by atoms with Crippen LogP contribution in [0.3, 0.4) is 0 Å². The number of benzene rings is 1. The van der Waals surface area contributed by atoms with Crippen LogP contribution in [-0.2, 0) is 0 Å². The number of ether oxygens (including phenoxy) is 1. The third kappa shape index (κ3) is 3.85. The Hall–Kier alpha value is -1.16. The minimum absolute atomic E-state index is 0.381. The van der Waals surface area contributed by atoms with Crippen molar-refractivity contribution in [2.24, 2.45) is 0 Å². The van der Waals surface area contributed by atoms with Gasteiger partial charge in [-0.15, -0.1) is 0 Å². The summed E-state index contributed by atoms with van der Waals surface area (Å²) in [6, 6.07) is 0. The zero-order valence-electron chi connectivity index (χ0n) is 15.4. The van der Waals surface area contributed by atoms with Gasteiger partial charge in [0.05, 0.1) is 18.3 Å². The Labute approximate surface area is 144 Å². The van der Waals surface area contributed by atoms with Gasteiger partial charge < -0.3 is 4.74 Å². The van der Waals surface area contributed by atoms with Crippen LogP contribution in [-0.4, -0.2) is 15.4 Å². The number of unbranched alkanes of at least 4 members (excludes halogenated alkanes) is 3. The quantitative estimate of drug-likeness (QED) is 0.539. The van der Waals surface area contributed by atoms with Crippen molar-refractivity contribution in [2.75, 3.05) is 6.61 Å². The molecule has 1 aromatic carbocycles. The minimum atomic E-state index is 0.381. The lowest BCUT2D eigenvalue weighted by Gasteiger charge is -2.21. The van der Waals surface area contributed by atoms with E-state index in [1.807, 2.05) is 0 Å². The zero-order chi connectivity index (χ0) is 17.0. The number of fused-ring (bicyclic) bond motifs is 1. The second kappa shape index (κ2) is 8.09. The predicted molar refractivity (Wildman–Crippen MR) is 100.0 cm³/mol. The van der Waals surface area contributed by atoms with Gasteiger partial charge in [0.15, 0.2) is 0 Å². The molecule has 3 nitrogen and oxygen atoms in total. The molecule has 4 heteroatoms. The number of rotatable bonds is 8. The first-order valence-electron chi connectivity index (χ1n) is 8.90. The van der Waals surface area contributed by atoms with Gasteiger partial charge in [-0.3, -0.25) is 0 Å². The maximum atomic E-state index is 6.28. The maximum Gasteiger partial charge on any atom is 0.128 e. The Kier molecular flexibility index (Phi) is 6.40. The fourth-order valence-corrected chi connectivity index (χ4v) is 3.86. The molecule has 128 valence electrons. The molecule has 0 saturated carbocycles. The molecule has 0 radical (unpaired) electrons. The van der Waals surface area contributed by atoms with Crippen LogP contribution < -0.4 is 4.74 Å². The second-order valence-corrected chi connectivity index (χ2v) is 7.49. The fraction of sp³-hybridized carbons (Fsp3) is 0.684. The van der Waals surface area contributed by atoms with E-state index in [0.717, 1.165) is 29.8 Å². The van der Waals surface area contributed by atoms with Gasteiger partial charge in [-0.25, -0.2) is 0 Å². The van der Waals surface area contributed by atoms with Crippen LogP contribution in [0, 0.1) is 6.92 Å². The molecule has 0 saturated heterocycles. The number of aromatic nitrogens is 2. The van der Waals surface area contributed by atoms with E-state index in [1.165, 1.54) is 47.7 Å². The summed E-state index contributed by atoms with van der Waals surface area (Å²) >= 11 is 1.31. The van der Waals surface area contributed by atoms with Crippen LogP contribution in [0.1, 0.15) is 88.8 Å². The predicted octanol–water partition coefficient (Wildman–Crippen LogP) is 6.21. The molecule has 0 aliphatic heterocycles. The Bertz CT molecular complexity index is 646. The van der Waals surface area contributed by atoms with Crippen LogP contribution >= 0.6 is 11.7 Å². The highest BCUT2D eigenvalue weighted by Gasteiger charge is 2.24. The Morgan fingerprint density at radius 3 is 2.09 bits per heavy atom. The smallest absolute Gasteiger partial charge is 0.128 e. The minimum Gasteiger partial charge on any atom is -0.493 e. The molecule has 0 N–H and O–H groups in total. The van der Waals surface area contributed by atoms with Crippen LogP contribution in [0.15, 0.2) is 0 Å². The Morgan fingerprint density at radius 1 is 0.913 bits per heavy atom. The van der Waals surface area contributed by atoms with Gasteiger partial charge in [0.25, 0.3) is 0 Å². The zero-order valence-corrected chi connectivity index (χ0v) is 16.2. The van der Waals surface area contributed by atoms with E-state index >= 15 is 0 Å². The molecule has 2 aromatic rings. The molecular formula is C19H30N2OS. The third-order valence-electron chi connectivity index (χ3n) is 4.39. The molecule has 0 amide bonds. The van der Waals surface area contributed by atoms with Crippen molar-refractivity contribution >= 4 is 22.8 Å². The van der Waals surface area contributed by atoms with Gasteiger partial charge in [-0.1, -0.05) is 53.9 Å². The summed E-state index contributed by atoms with van der Waals surface area (Å²) in [5.41, 5.74) is 5.89. The molecule has 0 fully saturated rings. The lowest BCUT2D eigenvalue weighted by Crippen LogP contribution is -2.07. The second-order valence-electron chi connectivity index (χ2n) is 6.96. The Balaban J connectivity index is 2.43. The standard InChI is InChI=1S/C19H30N2OS/c1-7-8-9-10-11-22-19-14(6)15(12(2)3)17-18(21-23-20-17)16(19)13(4)5/h12-13H,7-11H2,1-6H3. The van der Waals surface area contributed by atoms with Crippen molar-refractivity contribution in [2.45, 2.75) is 79.1 Å². The number of nitrogens with zero attached hydrogens (tertiary/aromatic N) is 2. The van der Waals surface area contributed by atoms with Gasteiger partial charge in [-0.2, -0.15) is 8.75 Å². The lowest BCUT2D eigenvalue weighted by molar-refractivity contribution is 0.299. The highest BCUT2D eigenvalue weighted by atomic mass is 32.1. The molecule has 1 heterocycles. The largest absolute Gasteiger partial charge is 0.493 e. The first kappa shape index (κ1) is 18.2. The average molecular weight is 335 g/mol. The van der Waals surface area contributed by atoms with E-state index in [4.69, 9.17) is 4.74 Å². The summed E-state index contributed by atoms with van der Waals surface area (Å²) < 4.78 is 15.5. The first-order chi connectivity index (χ1) is 11.0. The molecule has 2 rings (SSSR count). The van der Waals surface area contributed by atoms with Gasteiger partial charge in [0.1, 0.15) is 16.8 Å². The Morgan fingerprint density at radius 2 is 1.52 bits per heavy atom. The molecule has 1 aromatic heterocycles. The summed E-state index contributed by atoms with van der Waals surface area (Å²) in [5, 5.41) is 0. The molecule has 0 aliphatic rings. The van der Waals surface area contributed by atoms with Crippen LogP contribution in [0.4, 0.5) is 0 Å². The molecule has 0 aliphatic carbocycles. The first-order valence-corrected chi connectivity index (χ1v) is 9.63. The summed E-state index contributed by atoms with van der Waals surface area (Å²) in [4.78, 5) is 0. The maximum absolute atomic E-state index is 6.28. The van der Waals surface area contributed by atoms with E-state index in [-0.39, 0.29) is 0 Å². The van der Waals surface area contributed by atoms with E-state index in [9.17, 15) is 0 Å². The van der Waals surface area contributed by atoms with E-state index in [0.29, 0.717) is 11.8 Å². The molecule has 0 spiro atoms. The van der Waals surface area contributed by atoms with Crippen LogP contribution in [0.5, 0.6) is 5.75 Å². The van der Waals surface area contributed by atoms with Crippen molar-refractivity contribution in [1.29, 1.82) is 0 Å².